The number of nitrogens with zero attached hydrogens (tertiary/aromatic N) is 1. The van der Waals surface area contributed by atoms with Crippen molar-refractivity contribution >= 4 is 17.0 Å². The van der Waals surface area contributed by atoms with E-state index in [1.54, 1.807) is 58.9 Å². The summed E-state index contributed by atoms with van der Waals surface area (Å²) in [5, 5.41) is 10.9. The molecule has 0 aliphatic carbocycles. The number of hydrogen-bond donors (Lipinski definition) is 1. The van der Waals surface area contributed by atoms with E-state index in [1.165, 1.54) is 0 Å². The van der Waals surface area contributed by atoms with Crippen LogP contribution in [0.5, 0.6) is 0 Å². The molecule has 0 aliphatic heterocycles. The van der Waals surface area contributed by atoms with Crippen molar-refractivity contribution in [3.05, 3.63) is 45.5 Å². The van der Waals surface area contributed by atoms with Crippen molar-refractivity contribution in [2.24, 2.45) is 0 Å². The lowest BCUT2D eigenvalue weighted by molar-refractivity contribution is -0.483. The number of carbonyl (C=O) groups is 1. The van der Waals surface area contributed by atoms with Crippen LogP contribution in [0.15, 0.2) is 24.3 Å². The van der Waals surface area contributed by atoms with Crippen molar-refractivity contribution < 1.29 is 18.7 Å². The van der Waals surface area contributed by atoms with Crippen molar-refractivity contribution in [3.8, 4) is 0 Å². The van der Waals surface area contributed by atoms with Crippen molar-refractivity contribution in [2.45, 2.75) is 51.5 Å². The Morgan fingerprint density at radius 1 is 1.29 bits per heavy atom. The van der Waals surface area contributed by atoms with Gasteiger partial charge in [-0.25, -0.2) is 13.7 Å². The Balaban J connectivity index is 2.96. The van der Waals surface area contributed by atoms with Crippen LogP contribution >= 0.6 is 0 Å². The summed E-state index contributed by atoms with van der Waals surface area (Å²) in [4.78, 5) is 22.3. The summed E-state index contributed by atoms with van der Waals surface area (Å²) in [6.07, 6.45) is -0.227. The third-order valence-electron chi connectivity index (χ3n) is 3.03. The van der Waals surface area contributed by atoms with E-state index in [9.17, 15) is 19.1 Å². The Morgan fingerprint density at radius 2 is 1.83 bits per heavy atom. The standard InChI is InChI=1S/C16H24N2O5S/c1-11(2)23-15(19)13-8-6-12(7-9-13)14(10-18(20)21)17-24(22)16(3,4)5/h6-9,11,14,17H,10H2,1-5H3/t14-,24-/m1/s1. The summed E-state index contributed by atoms with van der Waals surface area (Å²) >= 11 is 0. The Hall–Kier alpha value is -1.80. The maximum atomic E-state index is 12.2. The molecule has 8 heteroatoms. The summed E-state index contributed by atoms with van der Waals surface area (Å²) in [7, 11) is -1.45. The molecule has 7 nitrogen and oxygen atoms in total. The molecule has 0 bridgehead atoms. The van der Waals surface area contributed by atoms with Crippen LogP contribution < -0.4 is 4.72 Å². The number of benzene rings is 1. The molecule has 2 atom stereocenters. The van der Waals surface area contributed by atoms with E-state index in [-0.39, 0.29) is 6.10 Å². The van der Waals surface area contributed by atoms with Gasteiger partial charge in [0.2, 0.25) is 6.54 Å². The molecule has 0 fully saturated rings. The monoisotopic (exact) mass is 356 g/mol. The SMILES string of the molecule is CC(C)OC(=O)c1ccc([C@@H](C[N+](=O)[O-])N[S@](=O)C(C)(C)C)cc1. The number of nitro groups is 1. The first kappa shape index (κ1) is 20.2. The average Bonchev–Trinajstić information content (AvgIpc) is 2.44. The molecular weight excluding hydrogens is 332 g/mol. The van der Waals surface area contributed by atoms with Crippen molar-refractivity contribution in [2.75, 3.05) is 6.54 Å². The maximum Gasteiger partial charge on any atom is 0.338 e. The minimum atomic E-state index is -1.45. The molecule has 0 spiro atoms. The van der Waals surface area contributed by atoms with Crippen LogP contribution in [0, 0.1) is 10.1 Å². The van der Waals surface area contributed by atoms with E-state index >= 15 is 0 Å². The Morgan fingerprint density at radius 3 is 2.25 bits per heavy atom. The first-order chi connectivity index (χ1) is 11.0. The fraction of sp³-hybridized carbons (Fsp3) is 0.562. The minimum absolute atomic E-state index is 0.227. The third-order valence-corrected chi connectivity index (χ3v) is 4.64. The molecule has 0 unspecified atom stereocenters. The van der Waals surface area contributed by atoms with Gasteiger partial charge in [-0.2, -0.15) is 0 Å². The Labute approximate surface area is 144 Å². The van der Waals surface area contributed by atoms with Gasteiger partial charge < -0.3 is 4.74 Å². The fourth-order valence-electron chi connectivity index (χ4n) is 1.80. The molecule has 134 valence electrons. The molecular formula is C16H24N2O5S. The molecule has 24 heavy (non-hydrogen) atoms. The van der Waals surface area contributed by atoms with Crippen molar-refractivity contribution in [1.82, 2.24) is 4.72 Å². The third kappa shape index (κ3) is 6.37. The molecule has 0 saturated carbocycles. The zero-order valence-corrected chi connectivity index (χ0v) is 15.4. The Kier molecular flexibility index (Phi) is 7.04. The summed E-state index contributed by atoms with van der Waals surface area (Å²) in [6, 6.07) is 5.61. The number of rotatable bonds is 7. The molecule has 0 aliphatic rings. The van der Waals surface area contributed by atoms with Crippen molar-refractivity contribution in [3.63, 3.8) is 0 Å². The largest absolute Gasteiger partial charge is 0.459 e. The number of nitrogens with one attached hydrogen (secondary N) is 1. The molecule has 0 amide bonds. The topological polar surface area (TPSA) is 98.5 Å². The van der Waals surface area contributed by atoms with Crippen LogP contribution in [0.2, 0.25) is 0 Å². The maximum absolute atomic E-state index is 12.2. The first-order valence-corrected chi connectivity index (χ1v) is 8.76. The first-order valence-electron chi connectivity index (χ1n) is 7.61. The molecule has 1 N–H and O–H groups in total. The second kappa shape index (κ2) is 8.34. The van der Waals surface area contributed by atoms with Crippen LogP contribution in [0.4, 0.5) is 0 Å². The van der Waals surface area contributed by atoms with Crippen LogP contribution in [0.25, 0.3) is 0 Å². The van der Waals surface area contributed by atoms with Gasteiger partial charge in [-0.1, -0.05) is 12.1 Å². The van der Waals surface area contributed by atoms with Crippen LogP contribution in [0.1, 0.15) is 56.6 Å². The van der Waals surface area contributed by atoms with E-state index in [2.05, 4.69) is 4.72 Å². The van der Waals surface area contributed by atoms with E-state index < -0.39 is 39.2 Å². The summed E-state index contributed by atoms with van der Waals surface area (Å²) < 4.78 is 19.6. The summed E-state index contributed by atoms with van der Waals surface area (Å²) in [5.74, 6) is -0.450. The fourth-order valence-corrected chi connectivity index (χ4v) is 2.62. The van der Waals surface area contributed by atoms with Gasteiger partial charge in [-0.3, -0.25) is 10.1 Å². The number of hydrogen-bond acceptors (Lipinski definition) is 5. The smallest absolute Gasteiger partial charge is 0.338 e. The highest BCUT2D eigenvalue weighted by molar-refractivity contribution is 7.84. The van der Waals surface area contributed by atoms with Gasteiger partial charge in [0.25, 0.3) is 0 Å². The predicted octanol–water partition coefficient (Wildman–Crippen LogP) is 2.62. The van der Waals surface area contributed by atoms with Crippen LogP contribution in [-0.4, -0.2) is 32.5 Å². The quantitative estimate of drug-likeness (QED) is 0.460. The van der Waals surface area contributed by atoms with E-state index in [0.29, 0.717) is 11.1 Å². The average molecular weight is 356 g/mol. The lowest BCUT2D eigenvalue weighted by Crippen LogP contribution is -2.38. The lowest BCUT2D eigenvalue weighted by atomic mass is 10.1. The van der Waals surface area contributed by atoms with Crippen LogP contribution in [0.3, 0.4) is 0 Å². The minimum Gasteiger partial charge on any atom is -0.459 e. The highest BCUT2D eigenvalue weighted by Crippen LogP contribution is 2.19. The highest BCUT2D eigenvalue weighted by Gasteiger charge is 2.26. The normalized spacial score (nSPS) is 14.2. The zero-order valence-electron chi connectivity index (χ0n) is 14.6. The summed E-state index contributed by atoms with van der Waals surface area (Å²) in [5.41, 5.74) is 0.953. The van der Waals surface area contributed by atoms with E-state index in [0.717, 1.165) is 0 Å². The number of ether oxygens (including phenoxy) is 1. The van der Waals surface area contributed by atoms with Gasteiger partial charge in [0, 0.05) is 4.92 Å². The molecule has 1 aromatic rings. The van der Waals surface area contributed by atoms with E-state index in [1.807, 2.05) is 0 Å². The molecule has 0 radical (unpaired) electrons. The predicted molar refractivity (Wildman–Crippen MR) is 92.6 cm³/mol. The second-order valence-electron chi connectivity index (χ2n) is 6.64. The molecule has 0 saturated heterocycles. The van der Waals surface area contributed by atoms with Gasteiger partial charge in [-0.05, 0) is 52.3 Å². The number of carbonyl (C=O) groups excluding carboxylic acids is 1. The molecule has 0 aromatic heterocycles. The highest BCUT2D eigenvalue weighted by atomic mass is 32.2. The zero-order chi connectivity index (χ0) is 18.5. The van der Waals surface area contributed by atoms with Gasteiger partial charge in [0.1, 0.15) is 6.04 Å². The van der Waals surface area contributed by atoms with Gasteiger partial charge in [0.15, 0.2) is 0 Å². The number of esters is 1. The van der Waals surface area contributed by atoms with Gasteiger partial charge in [0.05, 0.1) is 27.4 Å². The second-order valence-corrected chi connectivity index (χ2v) is 8.64. The molecule has 1 aromatic carbocycles. The lowest BCUT2D eigenvalue weighted by Gasteiger charge is -2.22. The van der Waals surface area contributed by atoms with Crippen molar-refractivity contribution in [1.29, 1.82) is 0 Å². The van der Waals surface area contributed by atoms with E-state index in [4.69, 9.17) is 4.74 Å². The summed E-state index contributed by atoms with van der Waals surface area (Å²) in [6.45, 7) is 8.45. The molecule has 1 rings (SSSR count). The van der Waals surface area contributed by atoms with Gasteiger partial charge in [-0.15, -0.1) is 0 Å². The van der Waals surface area contributed by atoms with Crippen LogP contribution in [-0.2, 0) is 15.7 Å². The van der Waals surface area contributed by atoms with Gasteiger partial charge >= 0.3 is 5.97 Å². The Bertz CT molecular complexity index is 608. The molecule has 0 heterocycles.